The van der Waals surface area contributed by atoms with E-state index in [4.69, 9.17) is 14.2 Å². The molecule has 25 heavy (non-hydrogen) atoms. The number of aromatic nitrogens is 1. The van der Waals surface area contributed by atoms with Gasteiger partial charge in [-0.3, -0.25) is 10.1 Å². The van der Waals surface area contributed by atoms with Gasteiger partial charge in [-0.15, -0.1) is 0 Å². The Labute approximate surface area is 149 Å². The minimum atomic E-state index is -0.289. The van der Waals surface area contributed by atoms with Crippen molar-refractivity contribution in [3.63, 3.8) is 0 Å². The van der Waals surface area contributed by atoms with E-state index < -0.39 is 0 Å². The zero-order valence-corrected chi connectivity index (χ0v) is 14.8. The van der Waals surface area contributed by atoms with Crippen LogP contribution in [0, 0.1) is 0 Å². The fraction of sp³-hybridized carbons (Fsp3) is 0.222. The molecule has 0 saturated carbocycles. The van der Waals surface area contributed by atoms with Crippen LogP contribution < -0.4 is 19.5 Å². The van der Waals surface area contributed by atoms with E-state index in [-0.39, 0.29) is 12.5 Å². The first-order valence-electron chi connectivity index (χ1n) is 7.79. The molecule has 0 unspecified atom stereocenters. The summed E-state index contributed by atoms with van der Waals surface area (Å²) >= 11 is 1.39. The lowest BCUT2D eigenvalue weighted by Crippen LogP contribution is -2.20. The van der Waals surface area contributed by atoms with Crippen molar-refractivity contribution in [1.82, 2.24) is 4.98 Å². The van der Waals surface area contributed by atoms with Crippen molar-refractivity contribution in [2.75, 3.05) is 25.6 Å². The van der Waals surface area contributed by atoms with Crippen LogP contribution in [0.25, 0.3) is 10.2 Å². The third-order valence-corrected chi connectivity index (χ3v) is 4.29. The Morgan fingerprint density at radius 2 is 1.84 bits per heavy atom. The maximum atomic E-state index is 12.1. The lowest BCUT2D eigenvalue weighted by Gasteiger charge is -2.09. The number of benzene rings is 2. The Bertz CT molecular complexity index is 878. The van der Waals surface area contributed by atoms with Crippen molar-refractivity contribution >= 4 is 32.6 Å². The number of nitrogens with one attached hydrogen (secondary N) is 1. The van der Waals surface area contributed by atoms with Gasteiger partial charge in [0.1, 0.15) is 11.3 Å². The fourth-order valence-electron chi connectivity index (χ4n) is 2.29. The second-order valence-electron chi connectivity index (χ2n) is 5.04. The summed E-state index contributed by atoms with van der Waals surface area (Å²) in [5, 5.41) is 3.27. The van der Waals surface area contributed by atoms with E-state index in [9.17, 15) is 4.79 Å². The summed E-state index contributed by atoms with van der Waals surface area (Å²) in [5.41, 5.74) is 0.746. The fourth-order valence-corrected chi connectivity index (χ4v) is 3.19. The van der Waals surface area contributed by atoms with Gasteiger partial charge in [0.2, 0.25) is 0 Å². The average molecular weight is 358 g/mol. The number of hydrogen-bond acceptors (Lipinski definition) is 6. The van der Waals surface area contributed by atoms with Crippen molar-refractivity contribution in [3.8, 4) is 17.2 Å². The van der Waals surface area contributed by atoms with Gasteiger partial charge >= 0.3 is 0 Å². The number of amides is 1. The van der Waals surface area contributed by atoms with E-state index >= 15 is 0 Å². The number of carbonyl (C=O) groups is 1. The third kappa shape index (κ3) is 4.00. The zero-order chi connectivity index (χ0) is 17.6. The zero-order valence-electron chi connectivity index (χ0n) is 13.9. The van der Waals surface area contributed by atoms with Crippen LogP contribution in [0.5, 0.6) is 17.2 Å². The summed E-state index contributed by atoms with van der Waals surface area (Å²) in [6.45, 7) is 2.35. The van der Waals surface area contributed by atoms with Gasteiger partial charge in [0.05, 0.1) is 18.4 Å². The van der Waals surface area contributed by atoms with Gasteiger partial charge in [-0.05, 0) is 31.2 Å². The summed E-state index contributed by atoms with van der Waals surface area (Å²) in [5.74, 6) is 1.52. The van der Waals surface area contributed by atoms with E-state index in [1.165, 1.54) is 11.3 Å². The Balaban J connectivity index is 1.67. The molecule has 1 heterocycles. The molecule has 1 aromatic heterocycles. The molecule has 0 saturated heterocycles. The van der Waals surface area contributed by atoms with E-state index in [1.54, 1.807) is 19.2 Å². The van der Waals surface area contributed by atoms with Crippen LogP contribution in [0.4, 0.5) is 5.13 Å². The Kier molecular flexibility index (Phi) is 5.35. The van der Waals surface area contributed by atoms with E-state index in [0.717, 1.165) is 10.2 Å². The molecule has 0 fully saturated rings. The second-order valence-corrected chi connectivity index (χ2v) is 6.07. The second kappa shape index (κ2) is 7.85. The van der Waals surface area contributed by atoms with Crippen molar-refractivity contribution < 1.29 is 19.0 Å². The smallest absolute Gasteiger partial charge is 0.264 e. The predicted octanol–water partition coefficient (Wildman–Crippen LogP) is 3.72. The number of carbonyl (C=O) groups excluding carboxylic acids is 1. The number of rotatable bonds is 7. The third-order valence-electron chi connectivity index (χ3n) is 3.36. The molecule has 0 atom stereocenters. The summed E-state index contributed by atoms with van der Waals surface area (Å²) in [6, 6.07) is 12.9. The highest BCUT2D eigenvalue weighted by Crippen LogP contribution is 2.32. The molecule has 0 bridgehead atoms. The average Bonchev–Trinajstić information content (AvgIpc) is 3.04. The van der Waals surface area contributed by atoms with Gasteiger partial charge in [-0.2, -0.15) is 0 Å². The molecule has 0 aliphatic rings. The summed E-state index contributed by atoms with van der Waals surface area (Å²) in [6.07, 6.45) is 0. The first-order chi connectivity index (χ1) is 12.2. The molecule has 3 aromatic rings. The maximum absolute atomic E-state index is 12.1. The number of methoxy groups -OCH3 is 1. The summed E-state index contributed by atoms with van der Waals surface area (Å²) in [4.78, 5) is 16.6. The Morgan fingerprint density at radius 3 is 2.60 bits per heavy atom. The molecule has 3 rings (SSSR count). The molecule has 2 aromatic carbocycles. The van der Waals surface area contributed by atoms with Gasteiger partial charge in [-0.1, -0.05) is 29.5 Å². The van der Waals surface area contributed by atoms with Gasteiger partial charge in [0.15, 0.2) is 23.2 Å². The SMILES string of the molecule is CCOc1cccc2sc(NC(=O)COc3ccccc3OC)nc12. The molecule has 1 N–H and O–H groups in total. The first-order valence-corrected chi connectivity index (χ1v) is 8.61. The Morgan fingerprint density at radius 1 is 1.08 bits per heavy atom. The van der Waals surface area contributed by atoms with Crippen LogP contribution in [0.1, 0.15) is 6.92 Å². The topological polar surface area (TPSA) is 69.7 Å². The van der Waals surface area contributed by atoms with Gasteiger partial charge in [0.25, 0.3) is 5.91 Å². The van der Waals surface area contributed by atoms with Crippen LogP contribution in [0.3, 0.4) is 0 Å². The lowest BCUT2D eigenvalue weighted by molar-refractivity contribution is -0.118. The minimum Gasteiger partial charge on any atom is -0.493 e. The normalized spacial score (nSPS) is 10.5. The molecule has 0 aliphatic carbocycles. The van der Waals surface area contributed by atoms with E-state index in [0.29, 0.717) is 29.0 Å². The predicted molar refractivity (Wildman–Crippen MR) is 97.9 cm³/mol. The van der Waals surface area contributed by atoms with Gasteiger partial charge < -0.3 is 14.2 Å². The molecule has 0 radical (unpaired) electrons. The molecule has 0 aliphatic heterocycles. The quantitative estimate of drug-likeness (QED) is 0.697. The highest BCUT2D eigenvalue weighted by atomic mass is 32.1. The van der Waals surface area contributed by atoms with Crippen LogP contribution in [0.15, 0.2) is 42.5 Å². The highest BCUT2D eigenvalue weighted by molar-refractivity contribution is 7.22. The number of nitrogens with zero attached hydrogens (tertiary/aromatic N) is 1. The summed E-state index contributed by atoms with van der Waals surface area (Å²) < 4.78 is 17.2. The molecule has 6 nitrogen and oxygen atoms in total. The number of anilines is 1. The van der Waals surface area contributed by atoms with Crippen LogP contribution in [0.2, 0.25) is 0 Å². The Hall–Kier alpha value is -2.80. The molecule has 7 heteroatoms. The monoisotopic (exact) mass is 358 g/mol. The van der Waals surface area contributed by atoms with Crippen molar-refractivity contribution in [2.45, 2.75) is 6.92 Å². The van der Waals surface area contributed by atoms with Crippen LogP contribution >= 0.6 is 11.3 Å². The number of para-hydroxylation sites is 3. The highest BCUT2D eigenvalue weighted by Gasteiger charge is 2.12. The van der Waals surface area contributed by atoms with Crippen molar-refractivity contribution in [2.24, 2.45) is 0 Å². The maximum Gasteiger partial charge on any atom is 0.264 e. The molecular weight excluding hydrogens is 340 g/mol. The lowest BCUT2D eigenvalue weighted by atomic mass is 10.3. The number of hydrogen-bond donors (Lipinski definition) is 1. The van der Waals surface area contributed by atoms with E-state index in [1.807, 2.05) is 37.3 Å². The summed E-state index contributed by atoms with van der Waals surface area (Å²) in [7, 11) is 1.55. The largest absolute Gasteiger partial charge is 0.493 e. The standard InChI is InChI=1S/C18H18N2O4S/c1-3-23-14-9-6-10-15-17(14)20-18(25-15)19-16(21)11-24-13-8-5-4-7-12(13)22-2/h4-10H,3,11H2,1-2H3,(H,19,20,21). The van der Waals surface area contributed by atoms with Crippen molar-refractivity contribution in [1.29, 1.82) is 0 Å². The number of thiazole rings is 1. The number of ether oxygens (including phenoxy) is 3. The van der Waals surface area contributed by atoms with Gasteiger partial charge in [0, 0.05) is 0 Å². The van der Waals surface area contributed by atoms with E-state index in [2.05, 4.69) is 10.3 Å². The first kappa shape index (κ1) is 17.0. The number of fused-ring (bicyclic) bond motifs is 1. The molecule has 130 valence electrons. The molecule has 0 spiro atoms. The van der Waals surface area contributed by atoms with Gasteiger partial charge in [-0.25, -0.2) is 4.98 Å². The molecular formula is C18H18N2O4S. The minimum absolute atomic E-state index is 0.130. The molecule has 1 amide bonds. The van der Waals surface area contributed by atoms with Crippen LogP contribution in [-0.2, 0) is 4.79 Å². The van der Waals surface area contributed by atoms with Crippen LogP contribution in [-0.4, -0.2) is 31.2 Å². The van der Waals surface area contributed by atoms with Crippen molar-refractivity contribution in [3.05, 3.63) is 42.5 Å².